The molecule has 4 heteroatoms. The number of methoxy groups -OCH3 is 2. The fourth-order valence-corrected chi connectivity index (χ4v) is 2.76. The van der Waals surface area contributed by atoms with Crippen LogP contribution in [0.2, 0.25) is 0 Å². The predicted octanol–water partition coefficient (Wildman–Crippen LogP) is 3.97. The van der Waals surface area contributed by atoms with Gasteiger partial charge >= 0.3 is 0 Å². The summed E-state index contributed by atoms with van der Waals surface area (Å²) in [4.78, 5) is 0. The van der Waals surface area contributed by atoms with Crippen molar-refractivity contribution in [2.24, 2.45) is 0 Å². The number of halogens is 1. The molecule has 0 aromatic heterocycles. The fraction of sp³-hybridized carbons (Fsp3) is 0.294. The highest BCUT2D eigenvalue weighted by molar-refractivity contribution is 9.10. The molecule has 0 spiro atoms. The van der Waals surface area contributed by atoms with E-state index in [1.54, 1.807) is 14.2 Å². The summed E-state index contributed by atoms with van der Waals surface area (Å²) in [5.41, 5.74) is 2.42. The molecule has 3 nitrogen and oxygen atoms in total. The van der Waals surface area contributed by atoms with Crippen molar-refractivity contribution in [1.82, 2.24) is 5.32 Å². The minimum atomic E-state index is 0.197. The lowest BCUT2D eigenvalue weighted by Gasteiger charge is -2.19. The van der Waals surface area contributed by atoms with Crippen molar-refractivity contribution in [2.75, 3.05) is 21.3 Å². The molecule has 0 heterocycles. The van der Waals surface area contributed by atoms with Crippen molar-refractivity contribution in [3.05, 3.63) is 58.1 Å². The Labute approximate surface area is 134 Å². The predicted molar refractivity (Wildman–Crippen MR) is 89.2 cm³/mol. The van der Waals surface area contributed by atoms with E-state index in [0.29, 0.717) is 0 Å². The summed E-state index contributed by atoms with van der Waals surface area (Å²) < 4.78 is 11.8. The number of hydrogen-bond acceptors (Lipinski definition) is 3. The molecule has 21 heavy (non-hydrogen) atoms. The Morgan fingerprint density at radius 3 is 2.24 bits per heavy atom. The number of hydrogen-bond donors (Lipinski definition) is 1. The molecular formula is C17H20BrNO2. The lowest BCUT2D eigenvalue weighted by Crippen LogP contribution is -2.19. The van der Waals surface area contributed by atoms with Crippen LogP contribution in [0.4, 0.5) is 0 Å². The first-order valence-electron chi connectivity index (χ1n) is 6.81. The highest BCUT2D eigenvalue weighted by Crippen LogP contribution is 2.28. The van der Waals surface area contributed by atoms with Gasteiger partial charge in [0.15, 0.2) is 0 Å². The van der Waals surface area contributed by atoms with Crippen LogP contribution in [-0.4, -0.2) is 21.3 Å². The van der Waals surface area contributed by atoms with Crippen molar-refractivity contribution in [2.45, 2.75) is 12.5 Å². The molecule has 0 saturated carbocycles. The standard InChI is InChI=1S/C17H20BrNO2/c1-19-17(8-12-5-4-6-14(18)7-12)13-9-15(20-2)11-16(10-13)21-3/h4-7,9-11,17,19H,8H2,1-3H3. The zero-order chi connectivity index (χ0) is 15.2. The van der Waals surface area contributed by atoms with E-state index in [0.717, 1.165) is 28.0 Å². The van der Waals surface area contributed by atoms with Crippen LogP contribution < -0.4 is 14.8 Å². The monoisotopic (exact) mass is 349 g/mol. The zero-order valence-electron chi connectivity index (χ0n) is 12.5. The number of likely N-dealkylation sites (N-methyl/N-ethyl adjacent to an activating group) is 1. The summed E-state index contributed by atoms with van der Waals surface area (Å²) in [7, 11) is 5.30. The van der Waals surface area contributed by atoms with Gasteiger partial charge in [0.25, 0.3) is 0 Å². The van der Waals surface area contributed by atoms with Gasteiger partial charge in [-0.1, -0.05) is 28.1 Å². The van der Waals surface area contributed by atoms with Gasteiger partial charge in [0.2, 0.25) is 0 Å². The van der Waals surface area contributed by atoms with E-state index in [-0.39, 0.29) is 6.04 Å². The van der Waals surface area contributed by atoms with E-state index in [1.807, 2.05) is 31.3 Å². The Bertz CT molecular complexity index is 579. The van der Waals surface area contributed by atoms with Crippen LogP contribution >= 0.6 is 15.9 Å². The maximum atomic E-state index is 5.35. The SMILES string of the molecule is CNC(Cc1cccc(Br)c1)c1cc(OC)cc(OC)c1. The third-order valence-corrected chi connectivity index (χ3v) is 3.95. The van der Waals surface area contributed by atoms with E-state index in [9.17, 15) is 0 Å². The molecule has 0 aliphatic carbocycles. The molecule has 0 radical (unpaired) electrons. The van der Waals surface area contributed by atoms with Crippen LogP contribution in [0.15, 0.2) is 46.9 Å². The minimum absolute atomic E-state index is 0.197. The van der Waals surface area contributed by atoms with E-state index in [1.165, 1.54) is 5.56 Å². The van der Waals surface area contributed by atoms with Gasteiger partial charge in [0, 0.05) is 16.6 Å². The smallest absolute Gasteiger partial charge is 0.122 e. The molecule has 0 amide bonds. The topological polar surface area (TPSA) is 30.5 Å². The molecule has 1 atom stereocenters. The lowest BCUT2D eigenvalue weighted by atomic mass is 9.98. The van der Waals surface area contributed by atoms with Crippen LogP contribution in [0.5, 0.6) is 11.5 Å². The summed E-state index contributed by atoms with van der Waals surface area (Å²) in [6, 6.07) is 14.5. The second-order valence-corrected chi connectivity index (χ2v) is 5.74. The fourth-order valence-electron chi connectivity index (χ4n) is 2.32. The van der Waals surface area contributed by atoms with E-state index in [4.69, 9.17) is 9.47 Å². The molecule has 2 aromatic carbocycles. The first kappa shape index (κ1) is 15.9. The van der Waals surface area contributed by atoms with Gasteiger partial charge in [0.1, 0.15) is 11.5 Å². The Kier molecular flexibility index (Phi) is 5.65. The normalized spacial score (nSPS) is 12.0. The molecule has 0 saturated heterocycles. The number of nitrogens with one attached hydrogen (secondary N) is 1. The minimum Gasteiger partial charge on any atom is -0.497 e. The lowest BCUT2D eigenvalue weighted by molar-refractivity contribution is 0.392. The van der Waals surface area contributed by atoms with Crippen molar-refractivity contribution in [1.29, 1.82) is 0 Å². The van der Waals surface area contributed by atoms with Crippen LogP contribution in [0.1, 0.15) is 17.2 Å². The Hall–Kier alpha value is -1.52. The van der Waals surface area contributed by atoms with Gasteiger partial charge < -0.3 is 14.8 Å². The van der Waals surface area contributed by atoms with Gasteiger partial charge in [-0.15, -0.1) is 0 Å². The van der Waals surface area contributed by atoms with Crippen molar-refractivity contribution < 1.29 is 9.47 Å². The Morgan fingerprint density at radius 1 is 1.05 bits per heavy atom. The van der Waals surface area contributed by atoms with Crippen molar-refractivity contribution in [3.63, 3.8) is 0 Å². The third kappa shape index (κ3) is 4.22. The average Bonchev–Trinajstić information content (AvgIpc) is 2.52. The molecule has 0 fully saturated rings. The molecule has 0 aliphatic heterocycles. The molecule has 1 unspecified atom stereocenters. The summed E-state index contributed by atoms with van der Waals surface area (Å²) >= 11 is 3.52. The molecule has 1 N–H and O–H groups in total. The summed E-state index contributed by atoms with van der Waals surface area (Å²) in [6.45, 7) is 0. The van der Waals surface area contributed by atoms with E-state index < -0.39 is 0 Å². The number of rotatable bonds is 6. The summed E-state index contributed by atoms with van der Waals surface area (Å²) in [5, 5.41) is 3.36. The molecule has 2 rings (SSSR count). The highest BCUT2D eigenvalue weighted by Gasteiger charge is 2.13. The van der Waals surface area contributed by atoms with Crippen LogP contribution in [0.3, 0.4) is 0 Å². The third-order valence-electron chi connectivity index (χ3n) is 3.45. The average molecular weight is 350 g/mol. The quantitative estimate of drug-likeness (QED) is 0.855. The maximum absolute atomic E-state index is 5.35. The van der Waals surface area contributed by atoms with Crippen LogP contribution in [-0.2, 0) is 6.42 Å². The Balaban J connectivity index is 2.28. The molecular weight excluding hydrogens is 330 g/mol. The number of ether oxygens (including phenoxy) is 2. The van der Waals surface area contributed by atoms with Gasteiger partial charge in [-0.3, -0.25) is 0 Å². The van der Waals surface area contributed by atoms with Crippen molar-refractivity contribution in [3.8, 4) is 11.5 Å². The first-order chi connectivity index (χ1) is 10.2. The second kappa shape index (κ2) is 7.48. The van der Waals surface area contributed by atoms with Crippen molar-refractivity contribution >= 4 is 15.9 Å². The zero-order valence-corrected chi connectivity index (χ0v) is 14.1. The second-order valence-electron chi connectivity index (χ2n) is 4.82. The molecule has 2 aromatic rings. The Morgan fingerprint density at radius 2 is 1.71 bits per heavy atom. The van der Waals surface area contributed by atoms with E-state index in [2.05, 4.69) is 39.4 Å². The molecule has 0 bridgehead atoms. The van der Waals surface area contributed by atoms with Gasteiger partial charge in [0.05, 0.1) is 14.2 Å². The number of benzene rings is 2. The summed E-state index contributed by atoms with van der Waals surface area (Å²) in [6.07, 6.45) is 0.895. The van der Waals surface area contributed by atoms with Crippen LogP contribution in [0.25, 0.3) is 0 Å². The van der Waals surface area contributed by atoms with Crippen LogP contribution in [0, 0.1) is 0 Å². The van der Waals surface area contributed by atoms with Gasteiger partial charge in [-0.05, 0) is 48.9 Å². The highest BCUT2D eigenvalue weighted by atomic mass is 79.9. The summed E-state index contributed by atoms with van der Waals surface area (Å²) in [5.74, 6) is 1.61. The van der Waals surface area contributed by atoms with Gasteiger partial charge in [-0.2, -0.15) is 0 Å². The maximum Gasteiger partial charge on any atom is 0.122 e. The molecule has 112 valence electrons. The van der Waals surface area contributed by atoms with Gasteiger partial charge in [-0.25, -0.2) is 0 Å². The largest absolute Gasteiger partial charge is 0.497 e. The first-order valence-corrected chi connectivity index (χ1v) is 7.60. The molecule has 0 aliphatic rings. The van der Waals surface area contributed by atoms with E-state index >= 15 is 0 Å².